The fourth-order valence-corrected chi connectivity index (χ4v) is 3.48. The summed E-state index contributed by atoms with van der Waals surface area (Å²) in [5, 5.41) is 7.82. The molecule has 6 heteroatoms. The van der Waals surface area contributed by atoms with Crippen molar-refractivity contribution in [2.75, 3.05) is 26.8 Å². The number of ether oxygens (including phenoxy) is 1. The second-order valence-corrected chi connectivity index (χ2v) is 7.23. The molecule has 4 nitrogen and oxygen atoms in total. The molecule has 1 aliphatic carbocycles. The first-order valence-electron chi connectivity index (χ1n) is 8.44. The summed E-state index contributed by atoms with van der Waals surface area (Å²) >= 11 is 6.22. The lowest BCUT2D eigenvalue weighted by Crippen LogP contribution is -2.48. The molecule has 1 saturated carbocycles. The molecule has 3 rings (SSSR count). The molecule has 2 fully saturated rings. The van der Waals surface area contributed by atoms with Crippen molar-refractivity contribution in [3.8, 4) is 0 Å². The van der Waals surface area contributed by atoms with E-state index < -0.39 is 0 Å². The van der Waals surface area contributed by atoms with Crippen LogP contribution in [0.2, 0.25) is 5.02 Å². The standard InChI is InChI=1S/C18H26ClN3O.HI/c1-13-10-16(13)22-17(20-2)21-12-18(6-8-23-9-7-18)14-4-3-5-15(19)11-14;/h3-5,11,13,16H,6-10,12H2,1-2H3,(H2,20,21,22);1H. The predicted octanol–water partition coefficient (Wildman–Crippen LogP) is 3.58. The molecule has 1 aliphatic heterocycles. The third kappa shape index (κ3) is 4.76. The van der Waals surface area contributed by atoms with Crippen molar-refractivity contribution in [2.45, 2.75) is 37.6 Å². The van der Waals surface area contributed by atoms with E-state index in [1.165, 1.54) is 12.0 Å². The summed E-state index contributed by atoms with van der Waals surface area (Å²) in [6.07, 6.45) is 3.22. The van der Waals surface area contributed by atoms with Gasteiger partial charge in [-0.3, -0.25) is 4.99 Å². The molecule has 0 aromatic heterocycles. The van der Waals surface area contributed by atoms with Crippen molar-refractivity contribution >= 4 is 41.5 Å². The van der Waals surface area contributed by atoms with Crippen LogP contribution in [0.3, 0.4) is 0 Å². The highest BCUT2D eigenvalue weighted by Gasteiger charge is 2.36. The number of benzene rings is 1. The van der Waals surface area contributed by atoms with Gasteiger partial charge in [-0.25, -0.2) is 0 Å². The summed E-state index contributed by atoms with van der Waals surface area (Å²) in [6.45, 7) is 4.69. The minimum Gasteiger partial charge on any atom is -0.381 e. The fraction of sp³-hybridized carbons (Fsp3) is 0.611. The lowest BCUT2D eigenvalue weighted by molar-refractivity contribution is 0.0514. The van der Waals surface area contributed by atoms with Crippen LogP contribution >= 0.6 is 35.6 Å². The molecular formula is C18H27ClIN3O. The van der Waals surface area contributed by atoms with E-state index in [2.05, 4.69) is 34.7 Å². The number of hydrogen-bond donors (Lipinski definition) is 2. The first-order valence-corrected chi connectivity index (χ1v) is 8.82. The van der Waals surface area contributed by atoms with Gasteiger partial charge in [0.25, 0.3) is 0 Å². The number of hydrogen-bond acceptors (Lipinski definition) is 2. The lowest BCUT2D eigenvalue weighted by Gasteiger charge is -2.38. The Morgan fingerprint density at radius 2 is 2.08 bits per heavy atom. The zero-order valence-corrected chi connectivity index (χ0v) is 17.4. The Hall–Kier alpha value is -0.530. The Kier molecular flexibility index (Phi) is 7.19. The minimum atomic E-state index is 0. The predicted molar refractivity (Wildman–Crippen MR) is 111 cm³/mol. The largest absolute Gasteiger partial charge is 0.381 e. The van der Waals surface area contributed by atoms with Crippen LogP contribution in [0.25, 0.3) is 0 Å². The summed E-state index contributed by atoms with van der Waals surface area (Å²) in [4.78, 5) is 4.37. The zero-order valence-electron chi connectivity index (χ0n) is 14.3. The lowest BCUT2D eigenvalue weighted by atomic mass is 9.74. The van der Waals surface area contributed by atoms with Crippen LogP contribution in [0.5, 0.6) is 0 Å². The van der Waals surface area contributed by atoms with E-state index in [-0.39, 0.29) is 29.4 Å². The molecule has 1 aromatic rings. The molecule has 2 N–H and O–H groups in total. The van der Waals surface area contributed by atoms with Crippen LogP contribution in [0.1, 0.15) is 31.7 Å². The highest BCUT2D eigenvalue weighted by molar-refractivity contribution is 14.0. The van der Waals surface area contributed by atoms with E-state index in [1.54, 1.807) is 0 Å². The number of nitrogens with zero attached hydrogens (tertiary/aromatic N) is 1. The maximum Gasteiger partial charge on any atom is 0.191 e. The molecule has 0 radical (unpaired) electrons. The van der Waals surface area contributed by atoms with Crippen LogP contribution in [-0.4, -0.2) is 38.8 Å². The summed E-state index contributed by atoms with van der Waals surface area (Å²) < 4.78 is 5.59. The monoisotopic (exact) mass is 463 g/mol. The second-order valence-electron chi connectivity index (χ2n) is 6.79. The van der Waals surface area contributed by atoms with Gasteiger partial charge < -0.3 is 15.4 Å². The van der Waals surface area contributed by atoms with Crippen LogP contribution in [0, 0.1) is 5.92 Å². The van der Waals surface area contributed by atoms with Gasteiger partial charge in [0.15, 0.2) is 5.96 Å². The molecule has 1 aromatic carbocycles. The molecule has 24 heavy (non-hydrogen) atoms. The van der Waals surface area contributed by atoms with Crippen LogP contribution in [0.15, 0.2) is 29.3 Å². The molecule has 1 heterocycles. The van der Waals surface area contributed by atoms with Gasteiger partial charge in [-0.2, -0.15) is 0 Å². The molecule has 2 aliphatic rings. The van der Waals surface area contributed by atoms with E-state index in [0.29, 0.717) is 6.04 Å². The number of halogens is 2. The first kappa shape index (κ1) is 19.8. The van der Waals surface area contributed by atoms with E-state index in [9.17, 15) is 0 Å². The molecular weight excluding hydrogens is 437 g/mol. The average Bonchev–Trinajstić information content (AvgIpc) is 3.27. The number of aliphatic imine (C=N–C) groups is 1. The van der Waals surface area contributed by atoms with Crippen LogP contribution < -0.4 is 10.6 Å². The number of rotatable bonds is 4. The van der Waals surface area contributed by atoms with E-state index >= 15 is 0 Å². The SMILES string of the molecule is CN=C(NCC1(c2cccc(Cl)c2)CCOCC1)NC1CC1C.I. The van der Waals surface area contributed by atoms with Gasteiger partial charge in [-0.1, -0.05) is 30.7 Å². The van der Waals surface area contributed by atoms with Gasteiger partial charge in [0, 0.05) is 43.3 Å². The van der Waals surface area contributed by atoms with Crippen molar-refractivity contribution in [3.05, 3.63) is 34.9 Å². The molecule has 2 unspecified atom stereocenters. The van der Waals surface area contributed by atoms with Crippen molar-refractivity contribution in [2.24, 2.45) is 10.9 Å². The molecule has 0 spiro atoms. The van der Waals surface area contributed by atoms with Crippen LogP contribution in [0.4, 0.5) is 0 Å². The minimum absolute atomic E-state index is 0. The maximum absolute atomic E-state index is 6.22. The van der Waals surface area contributed by atoms with Crippen molar-refractivity contribution < 1.29 is 4.74 Å². The third-order valence-electron chi connectivity index (χ3n) is 5.14. The van der Waals surface area contributed by atoms with Crippen LogP contribution in [-0.2, 0) is 10.2 Å². The van der Waals surface area contributed by atoms with Crippen molar-refractivity contribution in [3.63, 3.8) is 0 Å². The Morgan fingerprint density at radius 3 is 2.67 bits per heavy atom. The summed E-state index contributed by atoms with van der Waals surface area (Å²) in [6, 6.07) is 8.80. The Balaban J connectivity index is 0.00000208. The summed E-state index contributed by atoms with van der Waals surface area (Å²) in [5.74, 6) is 1.64. The maximum atomic E-state index is 6.22. The number of nitrogens with one attached hydrogen (secondary N) is 2. The molecule has 134 valence electrons. The summed E-state index contributed by atoms with van der Waals surface area (Å²) in [7, 11) is 1.83. The smallest absolute Gasteiger partial charge is 0.191 e. The second kappa shape index (κ2) is 8.72. The fourth-order valence-electron chi connectivity index (χ4n) is 3.29. The van der Waals surface area contributed by atoms with Gasteiger partial charge in [0.05, 0.1) is 0 Å². The van der Waals surface area contributed by atoms with Crippen molar-refractivity contribution in [1.29, 1.82) is 0 Å². The highest BCUT2D eigenvalue weighted by Crippen LogP contribution is 2.35. The topological polar surface area (TPSA) is 45.7 Å². The van der Waals surface area contributed by atoms with Gasteiger partial charge in [-0.05, 0) is 42.9 Å². The molecule has 0 amide bonds. The van der Waals surface area contributed by atoms with E-state index in [0.717, 1.165) is 49.5 Å². The normalized spacial score (nSPS) is 25.5. The first-order chi connectivity index (χ1) is 11.1. The average molecular weight is 464 g/mol. The summed E-state index contributed by atoms with van der Waals surface area (Å²) in [5.41, 5.74) is 1.34. The zero-order chi connectivity index (χ0) is 16.3. The van der Waals surface area contributed by atoms with Crippen molar-refractivity contribution in [1.82, 2.24) is 10.6 Å². The highest BCUT2D eigenvalue weighted by atomic mass is 127. The van der Waals surface area contributed by atoms with Gasteiger partial charge in [0.1, 0.15) is 0 Å². The van der Waals surface area contributed by atoms with Gasteiger partial charge >= 0.3 is 0 Å². The van der Waals surface area contributed by atoms with E-state index in [1.807, 2.05) is 19.2 Å². The van der Waals surface area contributed by atoms with E-state index in [4.69, 9.17) is 16.3 Å². The Bertz CT molecular complexity index is 575. The number of guanidine groups is 1. The third-order valence-corrected chi connectivity index (χ3v) is 5.37. The molecule has 0 bridgehead atoms. The van der Waals surface area contributed by atoms with Gasteiger partial charge in [-0.15, -0.1) is 24.0 Å². The Labute approximate surface area is 166 Å². The molecule has 2 atom stereocenters. The van der Waals surface area contributed by atoms with Gasteiger partial charge in [0.2, 0.25) is 0 Å². The molecule has 1 saturated heterocycles. The Morgan fingerprint density at radius 1 is 1.38 bits per heavy atom. The quantitative estimate of drug-likeness (QED) is 0.408.